The van der Waals surface area contributed by atoms with E-state index < -0.39 is 0 Å². The molecule has 1 nitrogen and oxygen atoms in total. The van der Waals surface area contributed by atoms with Crippen LogP contribution in [0.5, 0.6) is 0 Å². The Hall–Kier alpha value is -0.470. The minimum atomic E-state index is 0.776. The van der Waals surface area contributed by atoms with Crippen molar-refractivity contribution in [1.82, 2.24) is 0 Å². The lowest BCUT2D eigenvalue weighted by atomic mass is 10.1. The summed E-state index contributed by atoms with van der Waals surface area (Å²) in [6.07, 6.45) is 1.12. The quantitative estimate of drug-likeness (QED) is 0.730. The molecule has 0 aliphatic heterocycles. The van der Waals surface area contributed by atoms with E-state index in [4.69, 9.17) is 5.73 Å². The second-order valence-electron chi connectivity index (χ2n) is 3.01. The summed E-state index contributed by atoms with van der Waals surface area (Å²) < 4.78 is 0. The molecule has 0 aliphatic carbocycles. The molecular weight excluding hydrogens is 178 g/mol. The highest BCUT2D eigenvalue weighted by atomic mass is 32.2. The van der Waals surface area contributed by atoms with Gasteiger partial charge in [-0.15, -0.1) is 0 Å². The van der Waals surface area contributed by atoms with Crippen LogP contribution in [0.15, 0.2) is 24.3 Å². The molecule has 0 saturated heterocycles. The van der Waals surface area contributed by atoms with Gasteiger partial charge in [0.1, 0.15) is 0 Å². The molecule has 0 saturated carbocycles. The van der Waals surface area contributed by atoms with Gasteiger partial charge in [-0.25, -0.2) is 0 Å². The molecule has 1 rings (SSSR count). The lowest BCUT2D eigenvalue weighted by Crippen LogP contribution is -2.01. The van der Waals surface area contributed by atoms with Crippen molar-refractivity contribution in [2.45, 2.75) is 19.1 Å². The fourth-order valence-electron chi connectivity index (χ4n) is 1.21. The molecule has 0 radical (unpaired) electrons. The summed E-state index contributed by atoms with van der Waals surface area (Å²) in [5.74, 6) is 2.14. The Morgan fingerprint density at radius 2 is 2.08 bits per heavy atom. The number of benzene rings is 1. The Morgan fingerprint density at radius 1 is 1.31 bits per heavy atom. The van der Waals surface area contributed by atoms with E-state index in [9.17, 15) is 0 Å². The van der Waals surface area contributed by atoms with Gasteiger partial charge in [-0.3, -0.25) is 0 Å². The summed E-state index contributed by atoms with van der Waals surface area (Å²) >= 11 is 1.90. The third kappa shape index (κ3) is 3.83. The fourth-order valence-corrected chi connectivity index (χ4v) is 1.94. The Balaban J connectivity index is 2.46. The second-order valence-corrected chi connectivity index (χ2v) is 4.12. The molecule has 2 N–H and O–H groups in total. The van der Waals surface area contributed by atoms with E-state index in [1.807, 2.05) is 11.8 Å². The number of rotatable bonds is 5. The van der Waals surface area contributed by atoms with E-state index in [-0.39, 0.29) is 0 Å². The summed E-state index contributed by atoms with van der Waals surface area (Å²) in [6.45, 7) is 2.96. The van der Waals surface area contributed by atoms with E-state index >= 15 is 0 Å². The van der Waals surface area contributed by atoms with Crippen molar-refractivity contribution < 1.29 is 0 Å². The van der Waals surface area contributed by atoms with Crippen LogP contribution in [-0.4, -0.2) is 12.3 Å². The summed E-state index contributed by atoms with van der Waals surface area (Å²) in [5.41, 5.74) is 8.26. The Bertz CT molecular complexity index is 248. The summed E-state index contributed by atoms with van der Waals surface area (Å²) in [4.78, 5) is 0. The van der Waals surface area contributed by atoms with Crippen LogP contribution in [-0.2, 0) is 12.2 Å². The average Bonchev–Trinajstić information content (AvgIpc) is 2.19. The molecule has 2 heteroatoms. The van der Waals surface area contributed by atoms with Gasteiger partial charge in [0.2, 0.25) is 0 Å². The van der Waals surface area contributed by atoms with E-state index in [1.54, 1.807) is 0 Å². The van der Waals surface area contributed by atoms with Crippen LogP contribution in [0.25, 0.3) is 0 Å². The number of hydrogen-bond acceptors (Lipinski definition) is 2. The van der Waals surface area contributed by atoms with Crippen LogP contribution in [0.3, 0.4) is 0 Å². The average molecular weight is 195 g/mol. The predicted octanol–water partition coefficient (Wildman–Crippen LogP) is 2.44. The van der Waals surface area contributed by atoms with Crippen molar-refractivity contribution in [1.29, 1.82) is 0 Å². The Morgan fingerprint density at radius 3 is 2.77 bits per heavy atom. The summed E-state index contributed by atoms with van der Waals surface area (Å²) in [5, 5.41) is 0. The molecule has 0 bridgehead atoms. The Kier molecular flexibility index (Phi) is 4.94. The van der Waals surface area contributed by atoms with Crippen LogP contribution >= 0.6 is 11.8 Å². The lowest BCUT2D eigenvalue weighted by Gasteiger charge is -2.02. The zero-order valence-corrected chi connectivity index (χ0v) is 8.94. The SMILES string of the molecule is CCc1cccc(CSCCN)c1. The molecule has 0 unspecified atom stereocenters. The second kappa shape index (κ2) is 6.06. The molecule has 0 aromatic heterocycles. The predicted molar refractivity (Wildman–Crippen MR) is 61.0 cm³/mol. The van der Waals surface area contributed by atoms with Gasteiger partial charge in [0.15, 0.2) is 0 Å². The minimum Gasteiger partial charge on any atom is -0.330 e. The fraction of sp³-hybridized carbons (Fsp3) is 0.455. The van der Waals surface area contributed by atoms with Crippen molar-refractivity contribution in [3.8, 4) is 0 Å². The third-order valence-electron chi connectivity index (χ3n) is 1.93. The van der Waals surface area contributed by atoms with Gasteiger partial charge in [0, 0.05) is 18.1 Å². The monoisotopic (exact) mass is 195 g/mol. The number of aryl methyl sites for hydroxylation is 1. The summed E-state index contributed by atoms with van der Waals surface area (Å²) in [6, 6.07) is 8.78. The lowest BCUT2D eigenvalue weighted by molar-refractivity contribution is 1.13. The number of thioether (sulfide) groups is 1. The smallest absolute Gasteiger partial charge is 0.0185 e. The van der Waals surface area contributed by atoms with Gasteiger partial charge in [0.05, 0.1) is 0 Å². The van der Waals surface area contributed by atoms with E-state index in [1.165, 1.54) is 11.1 Å². The standard InChI is InChI=1S/C11H17NS/c1-2-10-4-3-5-11(8-10)9-13-7-6-12/h3-5,8H,2,6-7,9,12H2,1H3. The highest BCUT2D eigenvalue weighted by molar-refractivity contribution is 7.98. The molecule has 0 atom stereocenters. The number of hydrogen-bond donors (Lipinski definition) is 1. The molecule has 0 fully saturated rings. The maximum absolute atomic E-state index is 5.43. The maximum atomic E-state index is 5.43. The van der Waals surface area contributed by atoms with Crippen molar-refractivity contribution in [3.63, 3.8) is 0 Å². The van der Waals surface area contributed by atoms with Crippen LogP contribution in [0, 0.1) is 0 Å². The van der Waals surface area contributed by atoms with Crippen molar-refractivity contribution in [3.05, 3.63) is 35.4 Å². The van der Waals surface area contributed by atoms with Gasteiger partial charge < -0.3 is 5.73 Å². The molecular formula is C11H17NS. The van der Waals surface area contributed by atoms with Gasteiger partial charge in [-0.05, 0) is 17.5 Å². The van der Waals surface area contributed by atoms with Crippen LogP contribution in [0.2, 0.25) is 0 Å². The zero-order valence-electron chi connectivity index (χ0n) is 8.12. The largest absolute Gasteiger partial charge is 0.330 e. The van der Waals surface area contributed by atoms with Gasteiger partial charge in [0.25, 0.3) is 0 Å². The van der Waals surface area contributed by atoms with Crippen LogP contribution in [0.4, 0.5) is 0 Å². The molecule has 0 aliphatic rings. The van der Waals surface area contributed by atoms with E-state index in [2.05, 4.69) is 31.2 Å². The Labute approximate surface area is 84.7 Å². The van der Waals surface area contributed by atoms with E-state index in [0.29, 0.717) is 0 Å². The maximum Gasteiger partial charge on any atom is 0.0185 e. The molecule has 0 heterocycles. The van der Waals surface area contributed by atoms with E-state index in [0.717, 1.165) is 24.5 Å². The molecule has 1 aromatic rings. The molecule has 1 aromatic carbocycles. The van der Waals surface area contributed by atoms with Gasteiger partial charge in [-0.2, -0.15) is 11.8 Å². The zero-order chi connectivity index (χ0) is 9.52. The van der Waals surface area contributed by atoms with Crippen molar-refractivity contribution in [2.75, 3.05) is 12.3 Å². The highest BCUT2D eigenvalue weighted by Crippen LogP contribution is 2.13. The minimum absolute atomic E-state index is 0.776. The summed E-state index contributed by atoms with van der Waals surface area (Å²) in [7, 11) is 0. The molecule has 0 spiro atoms. The molecule has 13 heavy (non-hydrogen) atoms. The van der Waals surface area contributed by atoms with Crippen molar-refractivity contribution >= 4 is 11.8 Å². The van der Waals surface area contributed by atoms with Gasteiger partial charge in [-0.1, -0.05) is 31.2 Å². The highest BCUT2D eigenvalue weighted by Gasteiger charge is 1.94. The number of nitrogens with two attached hydrogens (primary N) is 1. The van der Waals surface area contributed by atoms with Crippen LogP contribution in [0.1, 0.15) is 18.1 Å². The normalized spacial score (nSPS) is 10.3. The third-order valence-corrected chi connectivity index (χ3v) is 2.99. The molecule has 0 amide bonds. The molecule has 72 valence electrons. The first-order valence-electron chi connectivity index (χ1n) is 4.72. The van der Waals surface area contributed by atoms with Gasteiger partial charge >= 0.3 is 0 Å². The topological polar surface area (TPSA) is 26.0 Å². The van der Waals surface area contributed by atoms with Crippen LogP contribution < -0.4 is 5.73 Å². The first kappa shape index (κ1) is 10.6. The first-order valence-corrected chi connectivity index (χ1v) is 5.88. The van der Waals surface area contributed by atoms with Crippen molar-refractivity contribution in [2.24, 2.45) is 5.73 Å². The first-order chi connectivity index (χ1) is 6.36.